The molecule has 2 rings (SSSR count). The highest BCUT2D eigenvalue weighted by molar-refractivity contribution is 5.82. The maximum Gasteiger partial charge on any atom is 0.226 e. The summed E-state index contributed by atoms with van der Waals surface area (Å²) in [5.41, 5.74) is 0. The molecule has 3 unspecified atom stereocenters. The Labute approximate surface area is 85.8 Å². The number of hydrogen-bond donors (Lipinski definition) is 1. The van der Waals surface area contributed by atoms with Gasteiger partial charge in [0.1, 0.15) is 0 Å². The summed E-state index contributed by atoms with van der Waals surface area (Å²) in [6.07, 6.45) is 3.47. The van der Waals surface area contributed by atoms with Crippen LogP contribution in [0.1, 0.15) is 26.2 Å². The minimum absolute atomic E-state index is 0.354. The Bertz CT molecular complexity index is 229. The number of likely N-dealkylation sites (N-methyl/N-ethyl adjacent to an activating group) is 1. The predicted molar refractivity (Wildman–Crippen MR) is 55.9 cm³/mol. The van der Waals surface area contributed by atoms with Crippen LogP contribution in [0.2, 0.25) is 0 Å². The van der Waals surface area contributed by atoms with Crippen molar-refractivity contribution in [2.24, 2.45) is 11.8 Å². The van der Waals surface area contributed by atoms with Crippen molar-refractivity contribution < 1.29 is 4.79 Å². The highest BCUT2D eigenvalue weighted by atomic mass is 16.2. The molecule has 1 N–H and O–H groups in total. The zero-order valence-corrected chi connectivity index (χ0v) is 9.12. The average molecular weight is 196 g/mol. The summed E-state index contributed by atoms with van der Waals surface area (Å²) in [5.74, 6) is 1.40. The summed E-state index contributed by atoms with van der Waals surface area (Å²) in [4.78, 5) is 14.1. The Hall–Kier alpha value is -0.570. The van der Waals surface area contributed by atoms with E-state index in [4.69, 9.17) is 0 Å². The van der Waals surface area contributed by atoms with Crippen LogP contribution in [0, 0.1) is 11.8 Å². The van der Waals surface area contributed by atoms with Gasteiger partial charge in [-0.15, -0.1) is 0 Å². The van der Waals surface area contributed by atoms with Crippen LogP contribution in [0.25, 0.3) is 0 Å². The monoisotopic (exact) mass is 196 g/mol. The van der Waals surface area contributed by atoms with Crippen molar-refractivity contribution in [2.45, 2.75) is 32.2 Å². The Balaban J connectivity index is 1.92. The summed E-state index contributed by atoms with van der Waals surface area (Å²) < 4.78 is 0. The van der Waals surface area contributed by atoms with E-state index in [1.165, 1.54) is 12.8 Å². The number of carbonyl (C=O) groups is 1. The van der Waals surface area contributed by atoms with Gasteiger partial charge in [-0.05, 0) is 32.2 Å². The van der Waals surface area contributed by atoms with Crippen LogP contribution in [0.4, 0.5) is 0 Å². The lowest BCUT2D eigenvalue weighted by Crippen LogP contribution is -2.41. The summed E-state index contributed by atoms with van der Waals surface area (Å²) >= 11 is 0. The van der Waals surface area contributed by atoms with Gasteiger partial charge in [-0.2, -0.15) is 0 Å². The van der Waals surface area contributed by atoms with Gasteiger partial charge >= 0.3 is 0 Å². The lowest BCUT2D eigenvalue weighted by molar-refractivity contribution is -0.133. The van der Waals surface area contributed by atoms with E-state index < -0.39 is 0 Å². The molecular formula is C11H20N2O. The second-order valence-electron chi connectivity index (χ2n) is 4.70. The van der Waals surface area contributed by atoms with E-state index in [-0.39, 0.29) is 0 Å². The normalized spacial score (nSPS) is 36.1. The lowest BCUT2D eigenvalue weighted by Gasteiger charge is -2.24. The molecule has 0 aromatic carbocycles. The van der Waals surface area contributed by atoms with E-state index in [0.717, 1.165) is 19.5 Å². The number of rotatable bonds is 3. The molecule has 0 bridgehead atoms. The van der Waals surface area contributed by atoms with Gasteiger partial charge < -0.3 is 10.2 Å². The molecule has 3 atom stereocenters. The van der Waals surface area contributed by atoms with Crippen LogP contribution in [-0.4, -0.2) is 37.0 Å². The van der Waals surface area contributed by atoms with Crippen molar-refractivity contribution >= 4 is 5.91 Å². The van der Waals surface area contributed by atoms with Crippen molar-refractivity contribution in [3.8, 4) is 0 Å². The first-order chi connectivity index (χ1) is 6.74. The average Bonchev–Trinajstić information content (AvgIpc) is 2.72. The van der Waals surface area contributed by atoms with E-state index in [9.17, 15) is 4.79 Å². The molecule has 0 aromatic heterocycles. The Morgan fingerprint density at radius 1 is 1.57 bits per heavy atom. The van der Waals surface area contributed by atoms with Crippen LogP contribution >= 0.6 is 0 Å². The van der Waals surface area contributed by atoms with Gasteiger partial charge in [0.15, 0.2) is 0 Å². The Morgan fingerprint density at radius 3 is 2.86 bits per heavy atom. The van der Waals surface area contributed by atoms with Crippen molar-refractivity contribution in [3.05, 3.63) is 0 Å². The minimum atomic E-state index is 0.354. The van der Waals surface area contributed by atoms with Gasteiger partial charge in [0.25, 0.3) is 0 Å². The molecule has 1 saturated heterocycles. The molecule has 0 radical (unpaired) electrons. The fraction of sp³-hybridized carbons (Fsp3) is 0.909. The summed E-state index contributed by atoms with van der Waals surface area (Å²) in [7, 11) is 1.96. The van der Waals surface area contributed by atoms with Gasteiger partial charge in [0, 0.05) is 25.0 Å². The third-order valence-corrected chi connectivity index (χ3v) is 3.53. The smallest absolute Gasteiger partial charge is 0.226 e. The molecule has 1 aliphatic heterocycles. The van der Waals surface area contributed by atoms with Crippen molar-refractivity contribution in [3.63, 3.8) is 0 Å². The van der Waals surface area contributed by atoms with Gasteiger partial charge in [-0.3, -0.25) is 4.79 Å². The van der Waals surface area contributed by atoms with Crippen molar-refractivity contribution in [1.82, 2.24) is 10.2 Å². The van der Waals surface area contributed by atoms with Gasteiger partial charge in [0.05, 0.1) is 0 Å². The zero-order valence-electron chi connectivity index (χ0n) is 9.12. The summed E-state index contributed by atoms with van der Waals surface area (Å²) in [6.45, 7) is 4.10. The Kier molecular flexibility index (Phi) is 2.77. The van der Waals surface area contributed by atoms with Crippen LogP contribution in [0.3, 0.4) is 0 Å². The number of hydrogen-bond acceptors (Lipinski definition) is 2. The quantitative estimate of drug-likeness (QED) is 0.726. The van der Waals surface area contributed by atoms with Gasteiger partial charge in [-0.1, -0.05) is 6.92 Å². The largest absolute Gasteiger partial charge is 0.338 e. The molecule has 1 heterocycles. The van der Waals surface area contributed by atoms with Gasteiger partial charge in [-0.25, -0.2) is 0 Å². The minimum Gasteiger partial charge on any atom is -0.338 e. The molecule has 3 nitrogen and oxygen atoms in total. The zero-order chi connectivity index (χ0) is 10.1. The van der Waals surface area contributed by atoms with E-state index in [0.29, 0.717) is 23.8 Å². The fourth-order valence-corrected chi connectivity index (χ4v) is 2.45. The van der Waals surface area contributed by atoms with E-state index in [1.54, 1.807) is 0 Å². The maximum absolute atomic E-state index is 12.0. The molecule has 14 heavy (non-hydrogen) atoms. The van der Waals surface area contributed by atoms with Crippen molar-refractivity contribution in [2.75, 3.05) is 20.1 Å². The van der Waals surface area contributed by atoms with Crippen LogP contribution in [0.5, 0.6) is 0 Å². The fourth-order valence-electron chi connectivity index (χ4n) is 2.45. The molecule has 0 spiro atoms. The first-order valence-corrected chi connectivity index (χ1v) is 5.69. The standard InChI is InChI=1S/C11H20N2O/c1-8-6-10(8)11(14)13-5-3-4-9(13)7-12-2/h8-10,12H,3-7H2,1-2H3. The molecule has 3 heteroatoms. The number of likely N-dealkylation sites (tertiary alicyclic amines) is 1. The first-order valence-electron chi connectivity index (χ1n) is 5.69. The van der Waals surface area contributed by atoms with Crippen LogP contribution in [-0.2, 0) is 4.79 Å². The lowest BCUT2D eigenvalue weighted by atomic mass is 10.2. The summed E-state index contributed by atoms with van der Waals surface area (Å²) in [6, 6.07) is 0.459. The van der Waals surface area contributed by atoms with E-state index in [1.807, 2.05) is 7.05 Å². The molecule has 1 aliphatic carbocycles. The second-order valence-corrected chi connectivity index (χ2v) is 4.70. The van der Waals surface area contributed by atoms with Crippen LogP contribution < -0.4 is 5.32 Å². The number of amides is 1. The van der Waals surface area contributed by atoms with E-state index >= 15 is 0 Å². The van der Waals surface area contributed by atoms with Crippen molar-refractivity contribution in [1.29, 1.82) is 0 Å². The molecule has 2 aliphatic rings. The number of nitrogens with zero attached hydrogens (tertiary/aromatic N) is 1. The predicted octanol–water partition coefficient (Wildman–Crippen LogP) is 0.853. The Morgan fingerprint density at radius 2 is 2.29 bits per heavy atom. The molecule has 80 valence electrons. The van der Waals surface area contributed by atoms with Crippen LogP contribution in [0.15, 0.2) is 0 Å². The number of carbonyl (C=O) groups excluding carboxylic acids is 1. The third kappa shape index (κ3) is 1.78. The molecule has 0 aromatic rings. The first kappa shape index (κ1) is 9.97. The molecule has 2 fully saturated rings. The third-order valence-electron chi connectivity index (χ3n) is 3.53. The topological polar surface area (TPSA) is 32.3 Å². The highest BCUT2D eigenvalue weighted by Crippen LogP contribution is 2.40. The highest BCUT2D eigenvalue weighted by Gasteiger charge is 2.43. The molecule has 1 saturated carbocycles. The van der Waals surface area contributed by atoms with E-state index in [2.05, 4.69) is 17.1 Å². The maximum atomic E-state index is 12.0. The van der Waals surface area contributed by atoms with Gasteiger partial charge in [0.2, 0.25) is 5.91 Å². The second kappa shape index (κ2) is 3.89. The number of nitrogens with one attached hydrogen (secondary N) is 1. The molecular weight excluding hydrogens is 176 g/mol. The molecule has 1 amide bonds. The summed E-state index contributed by atoms with van der Waals surface area (Å²) in [5, 5.41) is 3.17. The SMILES string of the molecule is CNCC1CCCN1C(=O)C1CC1C.